The Morgan fingerprint density at radius 2 is 1.89 bits per heavy atom. The van der Waals surface area contributed by atoms with Crippen molar-refractivity contribution in [3.05, 3.63) is 104 Å². The van der Waals surface area contributed by atoms with E-state index >= 15 is 0 Å². The highest BCUT2D eigenvalue weighted by molar-refractivity contribution is 6.04. The van der Waals surface area contributed by atoms with Gasteiger partial charge in [-0.1, -0.05) is 24.3 Å². The lowest BCUT2D eigenvalue weighted by Gasteiger charge is -2.10. The monoisotopic (exact) mass is 363 g/mol. The van der Waals surface area contributed by atoms with E-state index in [1.165, 1.54) is 35.0 Å². The van der Waals surface area contributed by atoms with E-state index in [-0.39, 0.29) is 23.7 Å². The fraction of sp³-hybridized carbons (Fsp3) is 0.100. The van der Waals surface area contributed by atoms with Crippen molar-refractivity contribution in [3.8, 4) is 0 Å². The highest BCUT2D eigenvalue weighted by Crippen LogP contribution is 2.14. The third-order valence-electron chi connectivity index (χ3n) is 4.00. The Morgan fingerprint density at radius 1 is 1.11 bits per heavy atom. The molecule has 0 aliphatic rings. The lowest BCUT2D eigenvalue weighted by molar-refractivity contribution is -0.384. The maximum Gasteiger partial charge on any atom is 0.269 e. The van der Waals surface area contributed by atoms with Crippen LogP contribution in [-0.2, 0) is 6.54 Å². The number of rotatable bonds is 5. The molecule has 0 aliphatic heterocycles. The normalized spacial score (nSPS) is 10.4. The van der Waals surface area contributed by atoms with Crippen LogP contribution in [0.25, 0.3) is 0 Å². The van der Waals surface area contributed by atoms with Crippen molar-refractivity contribution >= 4 is 17.3 Å². The molecule has 136 valence electrons. The minimum absolute atomic E-state index is 0.0473. The summed E-state index contributed by atoms with van der Waals surface area (Å²) < 4.78 is 1.35. The molecule has 27 heavy (non-hydrogen) atoms. The molecule has 3 aromatic rings. The fourth-order valence-electron chi connectivity index (χ4n) is 2.68. The van der Waals surface area contributed by atoms with Gasteiger partial charge < -0.3 is 9.88 Å². The van der Waals surface area contributed by atoms with E-state index in [1.807, 2.05) is 25.1 Å². The van der Waals surface area contributed by atoms with Gasteiger partial charge in [-0.3, -0.25) is 19.7 Å². The summed E-state index contributed by atoms with van der Waals surface area (Å²) in [4.78, 5) is 35.0. The van der Waals surface area contributed by atoms with Gasteiger partial charge in [-0.05, 0) is 36.2 Å². The van der Waals surface area contributed by atoms with Gasteiger partial charge >= 0.3 is 0 Å². The highest BCUT2D eigenvalue weighted by Gasteiger charge is 2.10. The smallest absolute Gasteiger partial charge is 0.269 e. The first-order chi connectivity index (χ1) is 12.9. The number of hydrogen-bond acceptors (Lipinski definition) is 4. The second-order valence-corrected chi connectivity index (χ2v) is 6.13. The molecule has 0 fully saturated rings. The maximum absolute atomic E-state index is 12.5. The zero-order chi connectivity index (χ0) is 19.4. The molecule has 1 N–H and O–H groups in total. The van der Waals surface area contributed by atoms with Gasteiger partial charge in [-0.25, -0.2) is 0 Å². The summed E-state index contributed by atoms with van der Waals surface area (Å²) >= 11 is 0. The molecule has 0 saturated carbocycles. The van der Waals surface area contributed by atoms with Crippen molar-refractivity contribution in [3.63, 3.8) is 0 Å². The second-order valence-electron chi connectivity index (χ2n) is 6.13. The van der Waals surface area contributed by atoms with Crippen LogP contribution in [0, 0.1) is 17.0 Å². The number of aryl methyl sites for hydroxylation is 1. The van der Waals surface area contributed by atoms with E-state index in [1.54, 1.807) is 18.2 Å². The molecule has 0 unspecified atom stereocenters. The summed E-state index contributed by atoms with van der Waals surface area (Å²) in [7, 11) is 0. The zero-order valence-electron chi connectivity index (χ0n) is 14.6. The second kappa shape index (κ2) is 7.65. The van der Waals surface area contributed by atoms with E-state index in [0.29, 0.717) is 16.8 Å². The van der Waals surface area contributed by atoms with Crippen LogP contribution in [0.1, 0.15) is 21.5 Å². The van der Waals surface area contributed by atoms with Crippen molar-refractivity contribution in [1.82, 2.24) is 4.57 Å². The highest BCUT2D eigenvalue weighted by atomic mass is 16.6. The van der Waals surface area contributed by atoms with Crippen molar-refractivity contribution in [1.29, 1.82) is 0 Å². The van der Waals surface area contributed by atoms with Gasteiger partial charge in [-0.15, -0.1) is 0 Å². The summed E-state index contributed by atoms with van der Waals surface area (Å²) in [6, 6.07) is 16.2. The summed E-state index contributed by atoms with van der Waals surface area (Å²) in [5.74, 6) is -0.339. The molecule has 0 radical (unpaired) electrons. The van der Waals surface area contributed by atoms with E-state index in [4.69, 9.17) is 0 Å². The first-order valence-electron chi connectivity index (χ1n) is 8.24. The molecule has 7 nitrogen and oxygen atoms in total. The van der Waals surface area contributed by atoms with Crippen LogP contribution in [0.5, 0.6) is 0 Å². The number of nitro groups is 1. The average molecular weight is 363 g/mol. The Hall–Kier alpha value is -3.74. The molecule has 7 heteroatoms. The molecule has 2 aromatic carbocycles. The number of pyridine rings is 1. The number of non-ortho nitro benzene ring substituents is 1. The Balaban J connectivity index is 1.84. The number of anilines is 1. The molecular formula is C20H17N3O4. The lowest BCUT2D eigenvalue weighted by Crippen LogP contribution is -2.22. The number of carbonyl (C=O) groups excluding carboxylic acids is 1. The molecule has 0 spiro atoms. The summed E-state index contributed by atoms with van der Waals surface area (Å²) in [6.07, 6.45) is 1.45. The first kappa shape index (κ1) is 18.1. The molecule has 0 saturated heterocycles. The third-order valence-corrected chi connectivity index (χ3v) is 4.00. The maximum atomic E-state index is 12.5. The van der Waals surface area contributed by atoms with Gasteiger partial charge in [0.1, 0.15) is 0 Å². The van der Waals surface area contributed by atoms with Crippen molar-refractivity contribution < 1.29 is 9.72 Å². The van der Waals surface area contributed by atoms with Crippen molar-refractivity contribution in [2.75, 3.05) is 5.32 Å². The molecule has 1 aromatic heterocycles. The molecule has 0 atom stereocenters. The number of aromatic nitrogens is 1. The Labute approximate surface area is 155 Å². The number of benzene rings is 2. The third kappa shape index (κ3) is 4.46. The number of amides is 1. The quantitative estimate of drug-likeness (QED) is 0.555. The Morgan fingerprint density at radius 3 is 2.63 bits per heavy atom. The van der Waals surface area contributed by atoms with Crippen LogP contribution in [0.2, 0.25) is 0 Å². The lowest BCUT2D eigenvalue weighted by atomic mass is 10.2. The van der Waals surface area contributed by atoms with Gasteiger partial charge in [0.2, 0.25) is 0 Å². The zero-order valence-corrected chi connectivity index (χ0v) is 14.6. The number of nitrogens with zero attached hydrogens (tertiary/aromatic N) is 2. The SMILES string of the molecule is Cc1cccc(NC(=O)c2ccc(=O)n(Cc3cccc([N+](=O)[O-])c3)c2)c1. The number of nitro benzene ring substituents is 1. The minimum atomic E-state index is -0.488. The van der Waals surface area contributed by atoms with Crippen LogP contribution in [0.15, 0.2) is 71.7 Å². The number of carbonyl (C=O) groups is 1. The molecular weight excluding hydrogens is 346 g/mol. The van der Waals surface area contributed by atoms with Crippen LogP contribution >= 0.6 is 0 Å². The largest absolute Gasteiger partial charge is 0.322 e. The van der Waals surface area contributed by atoms with Gasteiger partial charge in [0.25, 0.3) is 17.2 Å². The van der Waals surface area contributed by atoms with Crippen molar-refractivity contribution in [2.24, 2.45) is 0 Å². The Bertz CT molecular complexity index is 1070. The average Bonchev–Trinajstić information content (AvgIpc) is 2.63. The van der Waals surface area contributed by atoms with Crippen LogP contribution < -0.4 is 10.9 Å². The van der Waals surface area contributed by atoms with Gasteiger partial charge in [0.05, 0.1) is 17.0 Å². The van der Waals surface area contributed by atoms with E-state index in [2.05, 4.69) is 5.32 Å². The predicted molar refractivity (Wildman–Crippen MR) is 102 cm³/mol. The molecule has 1 amide bonds. The van der Waals surface area contributed by atoms with Crippen LogP contribution in [-0.4, -0.2) is 15.4 Å². The number of nitrogens with one attached hydrogen (secondary N) is 1. The minimum Gasteiger partial charge on any atom is -0.322 e. The van der Waals surface area contributed by atoms with Crippen LogP contribution in [0.3, 0.4) is 0 Å². The van der Waals surface area contributed by atoms with Crippen LogP contribution in [0.4, 0.5) is 11.4 Å². The van der Waals surface area contributed by atoms with Gasteiger partial charge in [0, 0.05) is 30.1 Å². The Kier molecular flexibility index (Phi) is 5.12. The first-order valence-corrected chi connectivity index (χ1v) is 8.24. The van der Waals surface area contributed by atoms with E-state index < -0.39 is 4.92 Å². The molecule has 0 aliphatic carbocycles. The standard InChI is InChI=1S/C20H17N3O4/c1-14-4-2-6-17(10-14)21-20(25)16-8-9-19(24)22(13-16)12-15-5-3-7-18(11-15)23(26)27/h2-11,13H,12H2,1H3,(H,21,25). The topological polar surface area (TPSA) is 94.2 Å². The summed E-state index contributed by atoms with van der Waals surface area (Å²) in [5, 5.41) is 13.7. The fourth-order valence-corrected chi connectivity index (χ4v) is 2.68. The van der Waals surface area contributed by atoms with E-state index in [9.17, 15) is 19.7 Å². The van der Waals surface area contributed by atoms with E-state index in [0.717, 1.165) is 5.56 Å². The molecule has 3 rings (SSSR count). The molecule has 1 heterocycles. The van der Waals surface area contributed by atoms with Gasteiger partial charge in [-0.2, -0.15) is 0 Å². The molecule has 0 bridgehead atoms. The van der Waals surface area contributed by atoms with Gasteiger partial charge in [0.15, 0.2) is 0 Å². The summed E-state index contributed by atoms with van der Waals surface area (Å²) in [6.45, 7) is 2.06. The number of hydrogen-bond donors (Lipinski definition) is 1. The summed E-state index contributed by atoms with van der Waals surface area (Å²) in [5.41, 5.74) is 2.26. The van der Waals surface area contributed by atoms with Crippen molar-refractivity contribution in [2.45, 2.75) is 13.5 Å². The predicted octanol–water partition coefficient (Wildman–Crippen LogP) is 3.37.